The Hall–Kier alpha value is -1.59. The van der Waals surface area contributed by atoms with Crippen molar-refractivity contribution in [2.75, 3.05) is 14.1 Å². The van der Waals surface area contributed by atoms with Gasteiger partial charge in [0.05, 0.1) is 10.4 Å². The highest BCUT2D eigenvalue weighted by molar-refractivity contribution is 8.14. The van der Waals surface area contributed by atoms with Gasteiger partial charge in [-0.15, -0.1) is 0 Å². The minimum absolute atomic E-state index is 0.0252. The van der Waals surface area contributed by atoms with Crippen molar-refractivity contribution >= 4 is 69.0 Å². The van der Waals surface area contributed by atoms with E-state index in [1.54, 1.807) is 4.90 Å². The fourth-order valence-electron chi connectivity index (χ4n) is 5.63. The summed E-state index contributed by atoms with van der Waals surface area (Å²) in [6.07, 6.45) is 1.29. The molecule has 0 radical (unpaired) electrons. The van der Waals surface area contributed by atoms with Crippen LogP contribution in [-0.4, -0.2) is 83.7 Å². The second-order valence-electron chi connectivity index (χ2n) is 35.0. The molecule has 0 aliphatic heterocycles. The summed E-state index contributed by atoms with van der Waals surface area (Å²) in [6.45, 7) is 85.8. The van der Waals surface area contributed by atoms with E-state index in [1.165, 1.54) is 18.2 Å². The van der Waals surface area contributed by atoms with Gasteiger partial charge in [-0.2, -0.15) is 0 Å². The molecule has 11 heteroatoms. The second kappa shape index (κ2) is 31.6. The number of nitrogens with zero attached hydrogens (tertiary/aromatic N) is 2. The number of carbonyl (C=O) groups excluding carboxylic acids is 4. The van der Waals surface area contributed by atoms with E-state index in [9.17, 15) is 19.2 Å². The molecular formula is C65H134N2O6S3. The van der Waals surface area contributed by atoms with Gasteiger partial charge in [0, 0.05) is 62.4 Å². The lowest BCUT2D eigenvalue weighted by Gasteiger charge is -2.39. The third-order valence-electron chi connectivity index (χ3n) is 9.36. The second-order valence-corrected chi connectivity index (χ2v) is 37.5. The van der Waals surface area contributed by atoms with Gasteiger partial charge < -0.3 is 19.3 Å². The van der Waals surface area contributed by atoms with Crippen LogP contribution in [-0.2, 0) is 28.7 Å². The Balaban J connectivity index is -0.000000146. The van der Waals surface area contributed by atoms with Gasteiger partial charge in [-0.25, -0.2) is 0 Å². The van der Waals surface area contributed by atoms with Gasteiger partial charge in [0.25, 0.3) is 0 Å². The van der Waals surface area contributed by atoms with Crippen molar-refractivity contribution in [3.8, 4) is 0 Å². The molecule has 0 atom stereocenters. The van der Waals surface area contributed by atoms with Gasteiger partial charge in [0.1, 0.15) is 17.0 Å². The van der Waals surface area contributed by atoms with Gasteiger partial charge in [0.15, 0.2) is 10.2 Å². The third kappa shape index (κ3) is 55.7. The van der Waals surface area contributed by atoms with Crippen LogP contribution in [0.4, 0.5) is 0 Å². The van der Waals surface area contributed by atoms with Crippen LogP contribution < -0.4 is 0 Å². The van der Waals surface area contributed by atoms with Crippen molar-refractivity contribution in [3.05, 3.63) is 0 Å². The maximum atomic E-state index is 11.7. The van der Waals surface area contributed by atoms with Gasteiger partial charge >= 0.3 is 5.97 Å². The standard InChI is InChI=1S/C10H21NO.C10H21NS.C9H18O2.2C9H18OS.C9H18O.C9H20/c2*1-9(2,3)8(12)11(7)10(4,5)6;2*1-8(2,3)7(10)11-9(4,5)6;1-8(2,3)7(11)10-9(4,5)6;1-8(2,3)7(10)9(4,5)6;1-8(2,3)7-9(4,5)6/h2*1-7H3;3*1-6H3;1-6H3;7H2,1-6H3. The first kappa shape index (κ1) is 88.2. The molecule has 0 saturated carbocycles. The first-order valence-corrected chi connectivity index (χ1v) is 29.3. The average Bonchev–Trinajstić information content (AvgIpc) is 3.04. The molecule has 0 aliphatic carbocycles. The molecule has 0 fully saturated rings. The van der Waals surface area contributed by atoms with Crippen molar-refractivity contribution in [1.82, 2.24) is 9.80 Å². The molecule has 0 heterocycles. The number of thiocarbonyl (C=S) groups is 2. The molecule has 0 saturated heterocycles. The summed E-state index contributed by atoms with van der Waals surface area (Å²) in [5.74, 6) is 0.361. The Labute approximate surface area is 491 Å². The van der Waals surface area contributed by atoms with Crippen molar-refractivity contribution < 1.29 is 28.7 Å². The summed E-state index contributed by atoms with van der Waals surface area (Å²) >= 11 is 11.9. The van der Waals surface area contributed by atoms with Crippen LogP contribution in [0.1, 0.15) is 297 Å². The summed E-state index contributed by atoms with van der Waals surface area (Å²) in [5.41, 5.74) is -0.719. The maximum absolute atomic E-state index is 11.7. The molecule has 0 aromatic carbocycles. The highest BCUT2D eigenvalue weighted by Gasteiger charge is 2.33. The van der Waals surface area contributed by atoms with Crippen molar-refractivity contribution in [2.45, 2.75) is 324 Å². The first-order valence-electron chi connectivity index (χ1n) is 27.7. The fourth-order valence-corrected chi connectivity index (χ4v) is 7.01. The number of rotatable bonds is 0. The summed E-state index contributed by atoms with van der Waals surface area (Å²) in [6, 6.07) is 0. The van der Waals surface area contributed by atoms with E-state index in [-0.39, 0.29) is 76.5 Å². The van der Waals surface area contributed by atoms with Crippen LogP contribution in [0, 0.1) is 48.7 Å². The summed E-state index contributed by atoms with van der Waals surface area (Å²) < 4.78 is 10.7. The Bertz CT molecular complexity index is 1570. The lowest BCUT2D eigenvalue weighted by atomic mass is 9.76. The van der Waals surface area contributed by atoms with Crippen LogP contribution in [0.25, 0.3) is 0 Å². The number of thioether (sulfide) groups is 1. The normalized spacial score (nSPS) is 13.2. The molecule has 0 rings (SSSR count). The lowest BCUT2D eigenvalue weighted by Crippen LogP contribution is -2.47. The molecule has 0 bridgehead atoms. The lowest BCUT2D eigenvalue weighted by molar-refractivity contribution is -0.164. The number of esters is 1. The number of ketones is 1. The number of hydrogen-bond donors (Lipinski definition) is 0. The number of hydrogen-bond acceptors (Lipinski definition) is 9. The molecule has 1 amide bonds. The zero-order chi connectivity index (χ0) is 64.4. The Morgan fingerprint density at radius 3 is 0.724 bits per heavy atom. The minimum Gasteiger partial charge on any atom is -0.481 e. The monoisotopic (exact) mass is 1130 g/mol. The summed E-state index contributed by atoms with van der Waals surface area (Å²) in [7, 11) is 3.92. The molecule has 0 N–H and O–H groups in total. The first-order chi connectivity index (χ1) is 31.9. The summed E-state index contributed by atoms with van der Waals surface area (Å²) in [5, 5.41) is 0.954. The van der Waals surface area contributed by atoms with Gasteiger partial charge in [-0.05, 0) is 133 Å². The van der Waals surface area contributed by atoms with E-state index < -0.39 is 5.41 Å². The van der Waals surface area contributed by atoms with Crippen LogP contribution in [0.3, 0.4) is 0 Å². The Morgan fingerprint density at radius 1 is 0.368 bits per heavy atom. The topological polar surface area (TPSA) is 93.2 Å². The SMILES string of the molecule is CC(C)(C)C(=O)C(C)(C)C.CC(C)(C)CC(C)(C)C.CC(C)(C)OC(=O)C(C)(C)C.CC(C)(C)OC(=S)C(C)(C)C.CC(C)(C)SC(=O)C(C)(C)C.CN(C(=O)C(C)(C)C)C(C)(C)C.CN(C(=S)C(C)(C)C)C(C)(C)C. The van der Waals surface area contributed by atoms with Gasteiger partial charge in [-0.1, -0.05) is 211 Å². The van der Waals surface area contributed by atoms with E-state index in [0.717, 1.165) is 4.99 Å². The van der Waals surface area contributed by atoms with Crippen LogP contribution >= 0.6 is 36.2 Å². The molecule has 0 spiro atoms. The zero-order valence-corrected chi connectivity index (χ0v) is 61.7. The van der Waals surface area contributed by atoms with E-state index in [1.807, 2.05) is 173 Å². The predicted molar refractivity (Wildman–Crippen MR) is 349 cm³/mol. The highest BCUT2D eigenvalue weighted by atomic mass is 32.2. The molecule has 0 aromatic rings. The van der Waals surface area contributed by atoms with E-state index in [0.29, 0.717) is 21.7 Å². The highest BCUT2D eigenvalue weighted by Crippen LogP contribution is 2.33. The molecular weight excluding hydrogens is 1000 g/mol. The van der Waals surface area contributed by atoms with Crippen LogP contribution in [0.15, 0.2) is 0 Å². The molecule has 458 valence electrons. The van der Waals surface area contributed by atoms with Crippen molar-refractivity contribution in [2.24, 2.45) is 48.7 Å². The number of Topliss-reactive ketones (excluding diaryl/α,β-unsaturated/α-hetero) is 1. The Kier molecular flexibility index (Phi) is 36.7. The number of ether oxygens (including phenoxy) is 2. The molecule has 8 nitrogen and oxygen atoms in total. The van der Waals surface area contributed by atoms with E-state index in [2.05, 4.69) is 137 Å². The molecule has 0 aromatic heterocycles. The molecule has 76 heavy (non-hydrogen) atoms. The molecule has 0 unspecified atom stereocenters. The predicted octanol–water partition coefficient (Wildman–Crippen LogP) is 20.1. The minimum atomic E-state index is -0.396. The van der Waals surface area contributed by atoms with Gasteiger partial charge in [-0.3, -0.25) is 19.2 Å². The van der Waals surface area contributed by atoms with Crippen LogP contribution in [0.2, 0.25) is 0 Å². The largest absolute Gasteiger partial charge is 0.481 e. The Morgan fingerprint density at radius 2 is 0.658 bits per heavy atom. The van der Waals surface area contributed by atoms with E-state index >= 15 is 0 Å². The van der Waals surface area contributed by atoms with E-state index in [4.69, 9.17) is 33.9 Å². The fraction of sp³-hybridized carbons (Fsp3) is 0.908. The number of carbonyl (C=O) groups is 4. The average molecular weight is 1140 g/mol. The maximum Gasteiger partial charge on any atom is 0.311 e. The molecule has 0 aliphatic rings. The third-order valence-corrected chi connectivity index (χ3v) is 12.4. The van der Waals surface area contributed by atoms with Crippen molar-refractivity contribution in [3.63, 3.8) is 0 Å². The quantitative estimate of drug-likeness (QED) is 0.172. The van der Waals surface area contributed by atoms with Crippen LogP contribution in [0.5, 0.6) is 0 Å². The summed E-state index contributed by atoms with van der Waals surface area (Å²) in [4.78, 5) is 50.9. The van der Waals surface area contributed by atoms with Gasteiger partial charge in [0.2, 0.25) is 5.91 Å². The zero-order valence-electron chi connectivity index (χ0n) is 59.3. The number of amides is 1. The van der Waals surface area contributed by atoms with Crippen molar-refractivity contribution in [1.29, 1.82) is 0 Å². The smallest absolute Gasteiger partial charge is 0.311 e.